The van der Waals surface area contributed by atoms with Crippen molar-refractivity contribution in [2.24, 2.45) is 0 Å². The van der Waals surface area contributed by atoms with E-state index in [-0.39, 0.29) is 0 Å². The van der Waals surface area contributed by atoms with Gasteiger partial charge in [-0.05, 0) is 59.9 Å². The van der Waals surface area contributed by atoms with Crippen LogP contribution in [0.2, 0.25) is 12.1 Å². The summed E-state index contributed by atoms with van der Waals surface area (Å²) in [5.74, 6) is 0. The van der Waals surface area contributed by atoms with Crippen molar-refractivity contribution < 1.29 is 26.6 Å². The van der Waals surface area contributed by atoms with Crippen molar-refractivity contribution in [2.45, 2.75) is 99.2 Å². The first kappa shape index (κ1) is 38.1. The summed E-state index contributed by atoms with van der Waals surface area (Å²) in [6.45, 7) is 18.7. The van der Waals surface area contributed by atoms with Gasteiger partial charge in [-0.2, -0.15) is 0 Å². The molecule has 1 aromatic carbocycles. The van der Waals surface area contributed by atoms with Gasteiger partial charge in [-0.3, -0.25) is 14.3 Å². The smallest absolute Gasteiger partial charge is 0.374 e. The maximum atomic E-state index is 6.00. The second-order valence-corrected chi connectivity index (χ2v) is 16.2. The van der Waals surface area contributed by atoms with E-state index in [1.54, 1.807) is 0 Å². The van der Waals surface area contributed by atoms with Gasteiger partial charge in [0, 0.05) is 96.8 Å². The lowest BCUT2D eigenvalue weighted by Gasteiger charge is -2.28. The molecule has 13 nitrogen and oxygen atoms in total. The zero-order valence-corrected chi connectivity index (χ0v) is 30.7. The normalized spacial score (nSPS) is 12.4. The minimum Gasteiger partial charge on any atom is -0.374 e. The van der Waals surface area contributed by atoms with Crippen LogP contribution in [0.4, 0.5) is 0 Å². The van der Waals surface area contributed by atoms with Gasteiger partial charge >= 0.3 is 17.6 Å². The van der Waals surface area contributed by atoms with Crippen LogP contribution in [0.15, 0.2) is 42.7 Å². The molecule has 0 aliphatic carbocycles. The predicted molar refractivity (Wildman–Crippen MR) is 180 cm³/mol. The molecule has 3 rings (SSSR count). The molecule has 0 N–H and O–H groups in total. The monoisotopic (exact) mass is 677 g/mol. The Kier molecular flexibility index (Phi) is 17.2. The number of hydrogen-bond donors (Lipinski definition) is 0. The predicted octanol–water partition coefficient (Wildman–Crippen LogP) is 4.95. The topological polar surface area (TPSA) is 120 Å². The molecule has 2 aromatic heterocycles. The molecular formula is C31H55N7O6Si2. The van der Waals surface area contributed by atoms with E-state index in [0.717, 1.165) is 42.9 Å². The fourth-order valence-corrected chi connectivity index (χ4v) is 10.6. The van der Waals surface area contributed by atoms with Crippen LogP contribution in [0, 0.1) is 0 Å². The van der Waals surface area contributed by atoms with Crippen LogP contribution in [0.5, 0.6) is 0 Å². The van der Waals surface area contributed by atoms with E-state index >= 15 is 0 Å². The molecule has 0 radical (unpaired) electrons. The number of nitrogens with zero attached hydrogens (tertiary/aromatic N) is 7. The molecule has 0 unspecified atom stereocenters. The third-order valence-corrected chi connectivity index (χ3v) is 13.4. The number of aryl methyl sites for hydroxylation is 2. The van der Waals surface area contributed by atoms with Crippen LogP contribution in [0.3, 0.4) is 0 Å². The number of aromatic nitrogens is 6. The van der Waals surface area contributed by atoms with Gasteiger partial charge in [-0.25, -0.2) is 0 Å². The SMILES string of the molecule is CCO[Si](CCCn1cc(CN(Cc2ccccc2)Cc2cn(CCC[Si](OCC)(OCC)OCC)nn2)nn1)(OCC)OCC. The third kappa shape index (κ3) is 12.7. The Balaban J connectivity index is 1.62. The second-order valence-electron chi connectivity index (χ2n) is 10.7. The molecule has 2 heterocycles. The van der Waals surface area contributed by atoms with Crippen LogP contribution in [0.1, 0.15) is 71.3 Å². The first-order valence-corrected chi connectivity index (χ1v) is 20.7. The van der Waals surface area contributed by atoms with Crippen molar-refractivity contribution in [3.63, 3.8) is 0 Å². The molecule has 0 aliphatic heterocycles. The lowest BCUT2D eigenvalue weighted by atomic mass is 10.2. The molecule has 0 fully saturated rings. The maximum Gasteiger partial charge on any atom is 0.500 e. The standard InChI is InChI=1S/C31H55N7O6Si2/c1-7-39-45(40-8-2,41-9-3)22-16-20-37-27-30(32-34-37)25-36(24-29-18-14-13-15-19-29)26-31-28-38(35-33-31)21-17-23-46(42-10-4,43-11-5)44-12-6/h13-15,18-19,27-28H,7-12,16-17,20-26H2,1-6H3. The molecule has 0 amide bonds. The molecule has 0 spiro atoms. The van der Waals surface area contributed by atoms with Crippen molar-refractivity contribution in [3.05, 3.63) is 59.7 Å². The Morgan fingerprint density at radius 1 is 0.565 bits per heavy atom. The second kappa shape index (κ2) is 20.8. The summed E-state index contributed by atoms with van der Waals surface area (Å²) in [6, 6.07) is 11.9. The van der Waals surface area contributed by atoms with E-state index in [1.165, 1.54) is 5.56 Å². The third-order valence-electron chi connectivity index (χ3n) is 7.12. The van der Waals surface area contributed by atoms with Crippen LogP contribution in [0.25, 0.3) is 0 Å². The number of rotatable bonds is 26. The van der Waals surface area contributed by atoms with Gasteiger partial charge in [-0.1, -0.05) is 40.8 Å². The van der Waals surface area contributed by atoms with Crippen LogP contribution in [-0.4, -0.2) is 92.1 Å². The van der Waals surface area contributed by atoms with E-state index in [2.05, 4.69) is 49.8 Å². The van der Waals surface area contributed by atoms with Crippen LogP contribution >= 0.6 is 0 Å². The molecule has 0 bridgehead atoms. The number of benzene rings is 1. The minimum atomic E-state index is -2.68. The zero-order chi connectivity index (χ0) is 33.1. The van der Waals surface area contributed by atoms with Gasteiger partial charge in [0.1, 0.15) is 0 Å². The molecule has 46 heavy (non-hydrogen) atoms. The Bertz CT molecular complexity index is 1110. The van der Waals surface area contributed by atoms with E-state index < -0.39 is 17.6 Å². The first-order chi connectivity index (χ1) is 22.4. The van der Waals surface area contributed by atoms with E-state index in [9.17, 15) is 0 Å². The van der Waals surface area contributed by atoms with E-state index in [1.807, 2.05) is 69.4 Å². The van der Waals surface area contributed by atoms with Gasteiger partial charge in [0.05, 0.1) is 11.4 Å². The van der Waals surface area contributed by atoms with Crippen LogP contribution in [-0.2, 0) is 59.3 Å². The quantitative estimate of drug-likeness (QED) is 0.107. The molecular weight excluding hydrogens is 623 g/mol. The maximum absolute atomic E-state index is 6.00. The highest BCUT2D eigenvalue weighted by Gasteiger charge is 2.40. The molecule has 0 saturated heterocycles. The summed E-state index contributed by atoms with van der Waals surface area (Å²) in [5, 5.41) is 17.8. The zero-order valence-electron chi connectivity index (χ0n) is 28.7. The fraction of sp³-hybridized carbons (Fsp3) is 0.677. The lowest BCUT2D eigenvalue weighted by Crippen LogP contribution is -2.46. The van der Waals surface area contributed by atoms with Crippen molar-refractivity contribution >= 4 is 17.6 Å². The first-order valence-electron chi connectivity index (χ1n) is 16.8. The fourth-order valence-electron chi connectivity index (χ4n) is 5.43. The van der Waals surface area contributed by atoms with Gasteiger partial charge in [-0.15, -0.1) is 10.2 Å². The van der Waals surface area contributed by atoms with Crippen molar-refractivity contribution in [1.82, 2.24) is 34.9 Å². The molecule has 15 heteroatoms. The molecule has 258 valence electrons. The summed E-state index contributed by atoms with van der Waals surface area (Å²) >= 11 is 0. The van der Waals surface area contributed by atoms with Crippen LogP contribution < -0.4 is 0 Å². The van der Waals surface area contributed by atoms with Gasteiger partial charge in [0.2, 0.25) is 0 Å². The largest absolute Gasteiger partial charge is 0.500 e. The Labute approximate surface area is 277 Å². The minimum absolute atomic E-state index is 0.572. The van der Waals surface area contributed by atoms with Gasteiger partial charge in [0.15, 0.2) is 0 Å². The highest BCUT2D eigenvalue weighted by molar-refractivity contribution is 6.61. The summed E-state index contributed by atoms with van der Waals surface area (Å²) in [7, 11) is -5.37. The van der Waals surface area contributed by atoms with Crippen molar-refractivity contribution in [3.8, 4) is 0 Å². The molecule has 0 aliphatic rings. The van der Waals surface area contributed by atoms with Crippen molar-refractivity contribution in [1.29, 1.82) is 0 Å². The Morgan fingerprint density at radius 2 is 0.957 bits per heavy atom. The number of hydrogen-bond acceptors (Lipinski definition) is 11. The Hall–Kier alpha value is -2.35. The average Bonchev–Trinajstić information content (AvgIpc) is 3.67. The average molecular weight is 678 g/mol. The highest BCUT2D eigenvalue weighted by Crippen LogP contribution is 2.20. The van der Waals surface area contributed by atoms with Gasteiger partial charge in [0.25, 0.3) is 0 Å². The van der Waals surface area contributed by atoms with E-state index in [4.69, 9.17) is 26.6 Å². The summed E-state index contributed by atoms with van der Waals surface area (Å²) in [5.41, 5.74) is 3.01. The highest BCUT2D eigenvalue weighted by atomic mass is 28.4. The van der Waals surface area contributed by atoms with Gasteiger partial charge < -0.3 is 26.6 Å². The molecule has 3 aromatic rings. The lowest BCUT2D eigenvalue weighted by molar-refractivity contribution is 0.0696. The molecule has 0 saturated carbocycles. The summed E-state index contributed by atoms with van der Waals surface area (Å²) in [4.78, 5) is 2.31. The molecule has 0 atom stereocenters. The summed E-state index contributed by atoms with van der Waals surface area (Å²) < 4.78 is 39.8. The summed E-state index contributed by atoms with van der Waals surface area (Å²) in [6.07, 6.45) is 5.70. The van der Waals surface area contributed by atoms with Crippen molar-refractivity contribution in [2.75, 3.05) is 39.6 Å². The van der Waals surface area contributed by atoms with E-state index in [0.29, 0.717) is 65.8 Å². The Morgan fingerprint density at radius 3 is 1.33 bits per heavy atom.